The van der Waals surface area contributed by atoms with Crippen molar-refractivity contribution in [1.29, 1.82) is 0 Å². The Morgan fingerprint density at radius 2 is 2.00 bits per heavy atom. The maximum absolute atomic E-state index is 14.6. The normalized spacial score (nSPS) is 24.4. The third-order valence-electron chi connectivity index (χ3n) is 6.00. The van der Waals surface area contributed by atoms with Crippen LogP contribution < -0.4 is 5.32 Å². The number of nitrogens with one attached hydrogen (secondary N) is 1. The molecule has 0 aromatic heterocycles. The second-order valence-corrected chi connectivity index (χ2v) is 7.96. The number of aryl methyl sites for hydroxylation is 1. The predicted octanol–water partition coefficient (Wildman–Crippen LogP) is 2.58. The molecule has 2 atom stereocenters. The number of likely N-dealkylation sites (tertiary alicyclic amines) is 1. The maximum atomic E-state index is 14.6. The molecular formula is C23H25FN2O3. The third kappa shape index (κ3) is 3.90. The van der Waals surface area contributed by atoms with Crippen LogP contribution in [-0.4, -0.2) is 48.6 Å². The highest BCUT2D eigenvalue weighted by Gasteiger charge is 2.51. The lowest BCUT2D eigenvalue weighted by molar-refractivity contribution is -0.130. The van der Waals surface area contributed by atoms with Gasteiger partial charge in [-0.15, -0.1) is 0 Å². The molecule has 1 N–H and O–H groups in total. The van der Waals surface area contributed by atoms with Crippen molar-refractivity contribution >= 4 is 11.8 Å². The van der Waals surface area contributed by atoms with Crippen LogP contribution in [-0.2, 0) is 20.7 Å². The number of benzene rings is 2. The molecule has 0 radical (unpaired) electrons. The van der Waals surface area contributed by atoms with E-state index in [-0.39, 0.29) is 43.0 Å². The molecule has 2 fully saturated rings. The van der Waals surface area contributed by atoms with Gasteiger partial charge in [0.05, 0.1) is 25.2 Å². The Balaban J connectivity index is 1.64. The second-order valence-electron chi connectivity index (χ2n) is 7.96. The zero-order chi connectivity index (χ0) is 20.4. The molecule has 0 unspecified atom stereocenters. The van der Waals surface area contributed by atoms with Crippen LogP contribution in [0.1, 0.15) is 29.0 Å². The molecule has 2 heterocycles. The number of ether oxygens (including phenoxy) is 1. The van der Waals surface area contributed by atoms with Gasteiger partial charge >= 0.3 is 0 Å². The number of rotatable bonds is 3. The molecule has 0 aliphatic carbocycles. The van der Waals surface area contributed by atoms with Crippen molar-refractivity contribution in [3.8, 4) is 0 Å². The van der Waals surface area contributed by atoms with E-state index in [9.17, 15) is 14.0 Å². The highest BCUT2D eigenvalue weighted by Crippen LogP contribution is 2.38. The average Bonchev–Trinajstić information content (AvgIpc) is 2.95. The summed E-state index contributed by atoms with van der Waals surface area (Å²) in [6.45, 7) is 3.22. The first-order valence-corrected chi connectivity index (χ1v) is 9.94. The molecule has 2 saturated heterocycles. The standard InChI is InChI=1S/C23H25FN2O3/c1-16-6-2-3-7-17(16)12-22(28)26-13-19(18-8-4-5-9-20(18)24)23(14-26)15-29-11-10-21(27)25-23/h2-9,19H,10-15H2,1H3,(H,25,27)/t19-,23-/m0/s1. The molecule has 2 aliphatic heterocycles. The largest absolute Gasteiger partial charge is 0.378 e. The summed E-state index contributed by atoms with van der Waals surface area (Å²) in [5.41, 5.74) is 1.72. The van der Waals surface area contributed by atoms with Gasteiger partial charge in [-0.05, 0) is 29.7 Å². The van der Waals surface area contributed by atoms with Gasteiger partial charge in [0.25, 0.3) is 0 Å². The second kappa shape index (κ2) is 7.95. The SMILES string of the molecule is Cc1ccccc1CC(=O)N1C[C@@H](c2ccccc2F)[C@@]2(COCCC(=O)N2)C1. The zero-order valence-electron chi connectivity index (χ0n) is 16.5. The minimum atomic E-state index is -0.822. The van der Waals surface area contributed by atoms with Gasteiger partial charge in [0.15, 0.2) is 0 Å². The third-order valence-corrected chi connectivity index (χ3v) is 6.00. The van der Waals surface area contributed by atoms with Gasteiger partial charge in [0.2, 0.25) is 11.8 Å². The number of halogens is 1. The fourth-order valence-electron chi connectivity index (χ4n) is 4.41. The molecule has 2 aromatic carbocycles. The highest BCUT2D eigenvalue weighted by molar-refractivity contribution is 5.81. The number of nitrogens with zero attached hydrogens (tertiary/aromatic N) is 1. The lowest BCUT2D eigenvalue weighted by Gasteiger charge is -2.34. The Morgan fingerprint density at radius 3 is 2.79 bits per heavy atom. The van der Waals surface area contributed by atoms with E-state index in [1.807, 2.05) is 31.2 Å². The summed E-state index contributed by atoms with van der Waals surface area (Å²) in [5, 5.41) is 3.07. The van der Waals surface area contributed by atoms with Crippen LogP contribution in [0.15, 0.2) is 48.5 Å². The van der Waals surface area contributed by atoms with E-state index >= 15 is 0 Å². The van der Waals surface area contributed by atoms with Crippen LogP contribution in [0.5, 0.6) is 0 Å². The Labute approximate surface area is 169 Å². The van der Waals surface area contributed by atoms with Gasteiger partial charge < -0.3 is 15.0 Å². The average molecular weight is 396 g/mol. The van der Waals surface area contributed by atoms with Gasteiger partial charge in [0.1, 0.15) is 5.82 Å². The van der Waals surface area contributed by atoms with Crippen LogP contribution in [0.4, 0.5) is 4.39 Å². The molecule has 6 heteroatoms. The summed E-state index contributed by atoms with van der Waals surface area (Å²) in [4.78, 5) is 27.2. The predicted molar refractivity (Wildman–Crippen MR) is 107 cm³/mol. The van der Waals surface area contributed by atoms with Gasteiger partial charge in [-0.1, -0.05) is 42.5 Å². The summed E-state index contributed by atoms with van der Waals surface area (Å²) in [6, 6.07) is 14.4. The van der Waals surface area contributed by atoms with E-state index in [4.69, 9.17) is 4.74 Å². The molecule has 5 nitrogen and oxygen atoms in total. The molecule has 152 valence electrons. The van der Waals surface area contributed by atoms with E-state index in [2.05, 4.69) is 5.32 Å². The Kier molecular flexibility index (Phi) is 5.37. The fourth-order valence-corrected chi connectivity index (χ4v) is 4.41. The minimum Gasteiger partial charge on any atom is -0.378 e. The van der Waals surface area contributed by atoms with E-state index in [1.54, 1.807) is 23.1 Å². The number of amides is 2. The zero-order valence-corrected chi connectivity index (χ0v) is 16.5. The van der Waals surface area contributed by atoms with Gasteiger partial charge in [-0.25, -0.2) is 4.39 Å². The van der Waals surface area contributed by atoms with Crippen LogP contribution in [0.25, 0.3) is 0 Å². The van der Waals surface area contributed by atoms with Crippen molar-refractivity contribution < 1.29 is 18.7 Å². The first kappa shape index (κ1) is 19.6. The Morgan fingerprint density at radius 1 is 1.24 bits per heavy atom. The molecule has 0 saturated carbocycles. The maximum Gasteiger partial charge on any atom is 0.227 e. The van der Waals surface area contributed by atoms with Gasteiger partial charge in [-0.2, -0.15) is 0 Å². The highest BCUT2D eigenvalue weighted by atomic mass is 19.1. The number of carbonyl (C=O) groups excluding carboxylic acids is 2. The lowest BCUT2D eigenvalue weighted by Crippen LogP contribution is -2.55. The van der Waals surface area contributed by atoms with Crippen LogP contribution in [0.2, 0.25) is 0 Å². The summed E-state index contributed by atoms with van der Waals surface area (Å²) in [7, 11) is 0. The topological polar surface area (TPSA) is 58.6 Å². The van der Waals surface area contributed by atoms with Crippen molar-refractivity contribution in [2.24, 2.45) is 0 Å². The first-order chi connectivity index (χ1) is 14.0. The number of hydrogen-bond donors (Lipinski definition) is 1. The molecule has 2 amide bonds. The number of hydrogen-bond acceptors (Lipinski definition) is 3. The van der Waals surface area contributed by atoms with E-state index in [0.717, 1.165) is 11.1 Å². The van der Waals surface area contributed by atoms with Gasteiger partial charge in [-0.3, -0.25) is 9.59 Å². The van der Waals surface area contributed by atoms with E-state index < -0.39 is 5.54 Å². The summed E-state index contributed by atoms with van der Waals surface area (Å²) >= 11 is 0. The van der Waals surface area contributed by atoms with E-state index in [0.29, 0.717) is 25.3 Å². The minimum absolute atomic E-state index is 0.0315. The quantitative estimate of drug-likeness (QED) is 0.868. The molecule has 2 aromatic rings. The summed E-state index contributed by atoms with van der Waals surface area (Å²) < 4.78 is 20.4. The monoisotopic (exact) mass is 396 g/mol. The number of carbonyl (C=O) groups is 2. The van der Waals surface area contributed by atoms with Crippen molar-refractivity contribution in [1.82, 2.24) is 10.2 Å². The Bertz CT molecular complexity index is 932. The molecular weight excluding hydrogens is 371 g/mol. The fraction of sp³-hybridized carbons (Fsp3) is 0.391. The molecule has 2 aliphatic rings. The molecule has 0 bridgehead atoms. The molecule has 29 heavy (non-hydrogen) atoms. The summed E-state index contributed by atoms with van der Waals surface area (Å²) in [5.74, 6) is -0.858. The molecule has 1 spiro atoms. The van der Waals surface area contributed by atoms with Crippen molar-refractivity contribution in [2.75, 3.05) is 26.3 Å². The Hall–Kier alpha value is -2.73. The van der Waals surface area contributed by atoms with Gasteiger partial charge in [0, 0.05) is 25.4 Å². The van der Waals surface area contributed by atoms with Crippen LogP contribution >= 0.6 is 0 Å². The van der Waals surface area contributed by atoms with E-state index in [1.165, 1.54) is 6.07 Å². The lowest BCUT2D eigenvalue weighted by atomic mass is 9.82. The van der Waals surface area contributed by atoms with Crippen LogP contribution in [0.3, 0.4) is 0 Å². The smallest absolute Gasteiger partial charge is 0.227 e. The van der Waals surface area contributed by atoms with Crippen LogP contribution in [0, 0.1) is 12.7 Å². The molecule has 4 rings (SSSR count). The van der Waals surface area contributed by atoms with Crippen molar-refractivity contribution in [3.05, 3.63) is 71.0 Å². The summed E-state index contributed by atoms with van der Waals surface area (Å²) in [6.07, 6.45) is 0.546. The van der Waals surface area contributed by atoms with Crippen molar-refractivity contribution in [2.45, 2.75) is 31.2 Å². The van der Waals surface area contributed by atoms with Crippen molar-refractivity contribution in [3.63, 3.8) is 0 Å². The first-order valence-electron chi connectivity index (χ1n) is 9.94.